The summed E-state index contributed by atoms with van der Waals surface area (Å²) >= 11 is 5.74. The number of carbonyl (C=O) groups excluding carboxylic acids is 1. The minimum absolute atomic E-state index is 0.0106. The summed E-state index contributed by atoms with van der Waals surface area (Å²) in [5, 5.41) is 6.34. The van der Waals surface area contributed by atoms with Gasteiger partial charge in [-0.1, -0.05) is 29.8 Å². The maximum Gasteiger partial charge on any atom is 0.231 e. The lowest BCUT2D eigenvalue weighted by Gasteiger charge is -2.05. The van der Waals surface area contributed by atoms with Crippen molar-refractivity contribution in [3.05, 3.63) is 41.2 Å². The molecule has 1 amide bonds. The maximum atomic E-state index is 11.7. The molecule has 2 aromatic rings. The van der Waals surface area contributed by atoms with Crippen LogP contribution in [0.25, 0.3) is 0 Å². The number of hydrogen-bond donors (Lipinski definition) is 4. The number of nitrogen functional groups attached to an aromatic ring is 2. The molecule has 0 aliphatic heterocycles. The van der Waals surface area contributed by atoms with Crippen LogP contribution in [-0.2, 0) is 11.2 Å². The summed E-state index contributed by atoms with van der Waals surface area (Å²) in [4.78, 5) is 19.5. The van der Waals surface area contributed by atoms with Crippen molar-refractivity contribution >= 4 is 41.2 Å². The van der Waals surface area contributed by atoms with Crippen molar-refractivity contribution in [3.8, 4) is 0 Å². The van der Waals surface area contributed by atoms with Crippen LogP contribution in [0.15, 0.2) is 35.4 Å². The molecule has 9 heteroatoms. The second-order valence-corrected chi connectivity index (χ2v) is 4.57. The second kappa shape index (κ2) is 7.23. The fourth-order valence-corrected chi connectivity index (χ4v) is 1.67. The van der Waals surface area contributed by atoms with E-state index in [1.807, 2.05) is 30.3 Å². The largest absolute Gasteiger partial charge is 0.382 e. The van der Waals surface area contributed by atoms with Crippen LogP contribution in [0.5, 0.6) is 0 Å². The van der Waals surface area contributed by atoms with Crippen LogP contribution < -0.4 is 22.2 Å². The first kappa shape index (κ1) is 15.5. The van der Waals surface area contributed by atoms with Crippen LogP contribution >= 0.6 is 11.6 Å². The minimum atomic E-state index is -0.361. The highest BCUT2D eigenvalue weighted by Gasteiger charge is 2.11. The number of benzene rings is 1. The molecule has 0 saturated heterocycles. The number of aromatic nitrogens is 2. The van der Waals surface area contributed by atoms with Gasteiger partial charge in [-0.3, -0.25) is 10.2 Å². The topological polar surface area (TPSA) is 131 Å². The van der Waals surface area contributed by atoms with Crippen molar-refractivity contribution in [1.29, 1.82) is 0 Å². The Hall–Kier alpha value is -2.87. The van der Waals surface area contributed by atoms with Gasteiger partial charge in [-0.2, -0.15) is 5.10 Å². The van der Waals surface area contributed by atoms with E-state index in [0.29, 0.717) is 0 Å². The lowest BCUT2D eigenvalue weighted by molar-refractivity contribution is -0.119. The monoisotopic (exact) mass is 319 g/mol. The second-order valence-electron chi connectivity index (χ2n) is 4.21. The number of hydrogen-bond acceptors (Lipinski definition) is 7. The molecule has 22 heavy (non-hydrogen) atoms. The quantitative estimate of drug-likeness (QED) is 0.369. The Morgan fingerprint density at radius 3 is 2.68 bits per heavy atom. The van der Waals surface area contributed by atoms with Crippen LogP contribution in [0.3, 0.4) is 0 Å². The highest BCUT2D eigenvalue weighted by atomic mass is 35.5. The SMILES string of the molecule is Nc1nc(N)c(CC(=O)N/C=N/Nc2ccccc2)nc1Cl. The van der Waals surface area contributed by atoms with Gasteiger partial charge in [-0.25, -0.2) is 9.97 Å². The Bertz CT molecular complexity index is 690. The average Bonchev–Trinajstić information content (AvgIpc) is 2.50. The zero-order valence-corrected chi connectivity index (χ0v) is 12.2. The molecule has 8 nitrogen and oxygen atoms in total. The number of amides is 1. The van der Waals surface area contributed by atoms with E-state index in [-0.39, 0.29) is 34.8 Å². The molecule has 0 spiro atoms. The number of rotatable bonds is 5. The van der Waals surface area contributed by atoms with Gasteiger partial charge >= 0.3 is 0 Å². The fraction of sp³-hybridized carbons (Fsp3) is 0.0769. The molecule has 2 rings (SSSR count). The maximum absolute atomic E-state index is 11.7. The lowest BCUT2D eigenvalue weighted by Crippen LogP contribution is -2.25. The Morgan fingerprint density at radius 1 is 1.23 bits per heavy atom. The van der Waals surface area contributed by atoms with Crippen LogP contribution in [0.4, 0.5) is 17.3 Å². The summed E-state index contributed by atoms with van der Waals surface area (Å²) in [5.41, 5.74) is 14.9. The molecule has 1 aromatic heterocycles. The Labute approximate surface area is 131 Å². The standard InChI is InChI=1S/C13H14ClN7O/c14-11-13(16)20-12(15)9(19-11)6-10(22)17-7-18-21-8-4-2-1-3-5-8/h1-5,7,21H,6H2,(H4,15,16,20)(H,17,18,22). The fourth-order valence-electron chi connectivity index (χ4n) is 1.53. The van der Waals surface area contributed by atoms with E-state index in [2.05, 4.69) is 25.8 Å². The molecule has 0 fully saturated rings. The summed E-state index contributed by atoms with van der Waals surface area (Å²) < 4.78 is 0. The van der Waals surface area contributed by atoms with Crippen molar-refractivity contribution in [2.75, 3.05) is 16.9 Å². The van der Waals surface area contributed by atoms with Gasteiger partial charge in [0.2, 0.25) is 5.91 Å². The van der Waals surface area contributed by atoms with Crippen LogP contribution in [0.1, 0.15) is 5.69 Å². The molecule has 1 aromatic carbocycles. The summed E-state index contributed by atoms with van der Waals surface area (Å²) in [6.45, 7) is 0. The van der Waals surface area contributed by atoms with Gasteiger partial charge in [0, 0.05) is 0 Å². The van der Waals surface area contributed by atoms with Crippen LogP contribution in [0.2, 0.25) is 5.15 Å². The highest BCUT2D eigenvalue weighted by molar-refractivity contribution is 6.31. The van der Waals surface area contributed by atoms with Crippen LogP contribution in [0, 0.1) is 0 Å². The number of nitrogens with one attached hydrogen (secondary N) is 2. The first-order valence-electron chi connectivity index (χ1n) is 6.25. The number of halogens is 1. The summed E-state index contributed by atoms with van der Waals surface area (Å²) in [6, 6.07) is 9.29. The summed E-state index contributed by atoms with van der Waals surface area (Å²) in [6.07, 6.45) is 1.15. The van der Waals surface area contributed by atoms with Gasteiger partial charge in [0.15, 0.2) is 11.0 Å². The van der Waals surface area contributed by atoms with E-state index in [9.17, 15) is 4.79 Å². The van der Waals surface area contributed by atoms with Gasteiger partial charge in [0.1, 0.15) is 12.2 Å². The van der Waals surface area contributed by atoms with E-state index in [4.69, 9.17) is 23.1 Å². The van der Waals surface area contributed by atoms with Crippen LogP contribution in [-0.4, -0.2) is 22.2 Å². The van der Waals surface area contributed by atoms with E-state index in [1.165, 1.54) is 6.34 Å². The van der Waals surface area contributed by atoms with Crippen molar-refractivity contribution in [1.82, 2.24) is 15.3 Å². The van der Waals surface area contributed by atoms with E-state index in [0.717, 1.165) is 5.69 Å². The Balaban J connectivity index is 1.87. The third-order valence-electron chi connectivity index (χ3n) is 2.57. The predicted molar refractivity (Wildman–Crippen MR) is 86.3 cm³/mol. The molecule has 114 valence electrons. The van der Waals surface area contributed by atoms with Gasteiger partial charge in [-0.05, 0) is 12.1 Å². The lowest BCUT2D eigenvalue weighted by atomic mass is 10.3. The van der Waals surface area contributed by atoms with Crippen molar-refractivity contribution < 1.29 is 4.79 Å². The molecule has 0 aliphatic carbocycles. The number of para-hydroxylation sites is 1. The molecule has 0 unspecified atom stereocenters. The third-order valence-corrected chi connectivity index (χ3v) is 2.84. The minimum Gasteiger partial charge on any atom is -0.382 e. The Morgan fingerprint density at radius 2 is 1.95 bits per heavy atom. The molecule has 0 atom stereocenters. The van der Waals surface area contributed by atoms with Gasteiger partial charge in [-0.15, -0.1) is 0 Å². The molecule has 1 heterocycles. The molecule has 0 aliphatic rings. The van der Waals surface area contributed by atoms with Crippen molar-refractivity contribution in [3.63, 3.8) is 0 Å². The number of anilines is 3. The zero-order chi connectivity index (χ0) is 15.9. The normalized spacial score (nSPS) is 10.6. The predicted octanol–water partition coefficient (Wildman–Crippen LogP) is 1.01. The molecule has 6 N–H and O–H groups in total. The average molecular weight is 320 g/mol. The summed E-state index contributed by atoms with van der Waals surface area (Å²) in [5.74, 6) is -0.270. The Kier molecular flexibility index (Phi) is 5.10. The van der Waals surface area contributed by atoms with E-state index >= 15 is 0 Å². The van der Waals surface area contributed by atoms with Crippen molar-refractivity contribution in [2.24, 2.45) is 5.10 Å². The van der Waals surface area contributed by atoms with Gasteiger partial charge in [0.25, 0.3) is 0 Å². The van der Waals surface area contributed by atoms with E-state index in [1.54, 1.807) is 0 Å². The molecular weight excluding hydrogens is 306 g/mol. The third kappa shape index (κ3) is 4.32. The number of hydrazone groups is 1. The smallest absolute Gasteiger partial charge is 0.231 e. The number of carbonyl (C=O) groups is 1. The number of nitrogens with zero attached hydrogens (tertiary/aromatic N) is 3. The first-order chi connectivity index (χ1) is 10.6. The van der Waals surface area contributed by atoms with Crippen molar-refractivity contribution in [2.45, 2.75) is 6.42 Å². The van der Waals surface area contributed by atoms with Gasteiger partial charge in [0.05, 0.1) is 17.8 Å². The highest BCUT2D eigenvalue weighted by Crippen LogP contribution is 2.17. The number of nitrogens with two attached hydrogens (primary N) is 2. The first-order valence-corrected chi connectivity index (χ1v) is 6.63. The zero-order valence-electron chi connectivity index (χ0n) is 11.5. The van der Waals surface area contributed by atoms with Gasteiger partial charge < -0.3 is 16.8 Å². The summed E-state index contributed by atoms with van der Waals surface area (Å²) in [7, 11) is 0. The molecule has 0 bridgehead atoms. The van der Waals surface area contributed by atoms with E-state index < -0.39 is 0 Å². The molecule has 0 saturated carbocycles. The molecule has 0 radical (unpaired) electrons. The molecular formula is C13H14ClN7O.